The predicted molar refractivity (Wildman–Crippen MR) is 192 cm³/mol. The van der Waals surface area contributed by atoms with Crippen molar-refractivity contribution < 1.29 is 0 Å². The van der Waals surface area contributed by atoms with E-state index in [0.29, 0.717) is 12.8 Å². The van der Waals surface area contributed by atoms with E-state index < -0.39 is 0 Å². The Balaban J connectivity index is 1.58. The molecule has 0 unspecified atom stereocenters. The molecule has 3 nitrogen and oxygen atoms in total. The van der Waals surface area contributed by atoms with E-state index in [1.165, 1.54) is 68.5 Å². The molecule has 5 rings (SSSR count). The summed E-state index contributed by atoms with van der Waals surface area (Å²) in [6.45, 7) is 25.1. The molecule has 3 heterocycles. The van der Waals surface area contributed by atoms with E-state index >= 15 is 0 Å². The number of hydrogen-bond donors (Lipinski definition) is 0. The number of rotatable bonds is 13. The normalized spacial score (nSPS) is 13.8. The molecule has 0 radical (unpaired) electrons. The minimum atomic E-state index is 0.140. The Bertz CT molecular complexity index is 1630. The summed E-state index contributed by atoms with van der Waals surface area (Å²) in [6.07, 6.45) is 11.8. The van der Waals surface area contributed by atoms with Gasteiger partial charge in [-0.3, -0.25) is 4.98 Å². The number of pyridine rings is 1. The molecule has 0 aliphatic carbocycles. The molecule has 1 fully saturated rings. The van der Waals surface area contributed by atoms with E-state index in [1.54, 1.807) is 0 Å². The smallest absolute Gasteiger partial charge is 0.250 e. The first-order valence-corrected chi connectivity index (χ1v) is 16.9. The van der Waals surface area contributed by atoms with Gasteiger partial charge in [0.2, 0.25) is 0 Å². The standard InChI is InChI=1S/C40H52BN3/c1-9-11-22-40(6,7)28-36-35-27-33(32-16-12-15-31(26-32)19-18-30(5)44-25-14-23-41(44)8)20-21-37(35)43(10-2)39(36)34-17-13-24-42-38(34)29(3)4/h9,12-13,15-17,20-21,24,26-27,29H,1,5,10-11,14,18-19,22-23,25,28H2,2-4,6-8H3. The van der Waals surface area contributed by atoms with Gasteiger partial charge in [0.05, 0.1) is 11.4 Å². The van der Waals surface area contributed by atoms with Crippen LogP contribution >= 0.6 is 0 Å². The van der Waals surface area contributed by atoms with E-state index in [2.05, 4.69) is 125 Å². The van der Waals surface area contributed by atoms with Crippen molar-refractivity contribution in [2.75, 3.05) is 6.54 Å². The average molecular weight is 586 g/mol. The summed E-state index contributed by atoms with van der Waals surface area (Å²) in [5, 5.41) is 1.37. The molecule has 4 aromatic rings. The molecule has 0 saturated carbocycles. The number of aryl methyl sites for hydroxylation is 2. The molecule has 0 bridgehead atoms. The van der Waals surface area contributed by atoms with E-state index in [9.17, 15) is 0 Å². The van der Waals surface area contributed by atoms with Crippen LogP contribution in [0.2, 0.25) is 13.1 Å². The Morgan fingerprint density at radius 2 is 1.89 bits per heavy atom. The maximum Gasteiger partial charge on any atom is 0.250 e. The van der Waals surface area contributed by atoms with Crippen molar-refractivity contribution in [2.45, 2.75) is 98.7 Å². The van der Waals surface area contributed by atoms with Crippen molar-refractivity contribution in [3.05, 3.63) is 103 Å². The van der Waals surface area contributed by atoms with Gasteiger partial charge in [-0.2, -0.15) is 0 Å². The highest BCUT2D eigenvalue weighted by atomic mass is 15.1. The van der Waals surface area contributed by atoms with Gasteiger partial charge in [0.1, 0.15) is 0 Å². The van der Waals surface area contributed by atoms with Gasteiger partial charge in [0, 0.05) is 35.8 Å². The van der Waals surface area contributed by atoms with Gasteiger partial charge in [-0.25, -0.2) is 0 Å². The molecule has 0 spiro atoms. The van der Waals surface area contributed by atoms with Crippen LogP contribution in [0.3, 0.4) is 0 Å². The summed E-state index contributed by atoms with van der Waals surface area (Å²) in [4.78, 5) is 7.40. The zero-order valence-electron chi connectivity index (χ0n) is 28.1. The monoisotopic (exact) mass is 585 g/mol. The molecule has 230 valence electrons. The van der Waals surface area contributed by atoms with Gasteiger partial charge in [0.25, 0.3) is 6.85 Å². The van der Waals surface area contributed by atoms with Crippen molar-refractivity contribution in [1.82, 2.24) is 14.4 Å². The first-order chi connectivity index (χ1) is 21.1. The third-order valence-electron chi connectivity index (χ3n) is 9.73. The van der Waals surface area contributed by atoms with Gasteiger partial charge in [-0.05, 0) is 109 Å². The fourth-order valence-corrected chi connectivity index (χ4v) is 7.30. The molecular weight excluding hydrogens is 533 g/mol. The van der Waals surface area contributed by atoms with Crippen LogP contribution in [0.25, 0.3) is 33.3 Å². The first-order valence-electron chi connectivity index (χ1n) is 16.9. The fourth-order valence-electron chi connectivity index (χ4n) is 7.30. The molecule has 4 heteroatoms. The van der Waals surface area contributed by atoms with Crippen LogP contribution in [0.1, 0.15) is 83.0 Å². The number of benzene rings is 2. The molecule has 2 aromatic carbocycles. The van der Waals surface area contributed by atoms with Crippen LogP contribution < -0.4 is 0 Å². The largest absolute Gasteiger partial charge is 0.419 e. The van der Waals surface area contributed by atoms with Gasteiger partial charge in [-0.15, -0.1) is 6.58 Å². The lowest BCUT2D eigenvalue weighted by atomic mass is 9.62. The Morgan fingerprint density at radius 1 is 1.09 bits per heavy atom. The quantitative estimate of drug-likeness (QED) is 0.115. The number of aromatic nitrogens is 2. The second-order valence-corrected chi connectivity index (χ2v) is 14.0. The Hall–Kier alpha value is -3.53. The van der Waals surface area contributed by atoms with Crippen molar-refractivity contribution in [3.63, 3.8) is 0 Å². The number of allylic oxidation sites excluding steroid dienone is 2. The van der Waals surface area contributed by atoms with Crippen LogP contribution in [-0.4, -0.2) is 27.8 Å². The third kappa shape index (κ3) is 6.75. The highest BCUT2D eigenvalue weighted by molar-refractivity contribution is 6.55. The second kappa shape index (κ2) is 13.6. The number of nitrogens with zero attached hydrogens (tertiary/aromatic N) is 3. The van der Waals surface area contributed by atoms with E-state index in [1.807, 2.05) is 6.20 Å². The van der Waals surface area contributed by atoms with Crippen LogP contribution in [0.4, 0.5) is 0 Å². The lowest BCUT2D eigenvalue weighted by Gasteiger charge is -2.25. The highest BCUT2D eigenvalue weighted by Gasteiger charge is 2.27. The third-order valence-corrected chi connectivity index (χ3v) is 9.73. The molecule has 2 aromatic heterocycles. The zero-order chi connectivity index (χ0) is 31.4. The lowest BCUT2D eigenvalue weighted by molar-refractivity contribution is 0.337. The Morgan fingerprint density at radius 3 is 2.59 bits per heavy atom. The molecule has 1 aliphatic rings. The maximum atomic E-state index is 4.89. The van der Waals surface area contributed by atoms with Crippen molar-refractivity contribution in [3.8, 4) is 22.4 Å². The van der Waals surface area contributed by atoms with E-state index in [-0.39, 0.29) is 5.41 Å². The summed E-state index contributed by atoms with van der Waals surface area (Å²) in [5.41, 5.74) is 11.9. The lowest BCUT2D eigenvalue weighted by Crippen LogP contribution is -2.29. The molecule has 0 atom stereocenters. The van der Waals surface area contributed by atoms with E-state index in [0.717, 1.165) is 45.2 Å². The number of fused-ring (bicyclic) bond motifs is 1. The first kappa shape index (κ1) is 31.9. The minimum absolute atomic E-state index is 0.140. The van der Waals surface area contributed by atoms with Crippen LogP contribution in [0.5, 0.6) is 0 Å². The molecule has 1 saturated heterocycles. The average Bonchev–Trinajstić information content (AvgIpc) is 3.58. The summed E-state index contributed by atoms with van der Waals surface area (Å²) < 4.78 is 2.53. The minimum Gasteiger partial charge on any atom is -0.419 e. The van der Waals surface area contributed by atoms with Crippen LogP contribution in [0, 0.1) is 5.41 Å². The molecular formula is C40H52BN3. The second-order valence-electron chi connectivity index (χ2n) is 14.0. The van der Waals surface area contributed by atoms with Gasteiger partial charge in [0.15, 0.2) is 0 Å². The molecule has 0 amide bonds. The van der Waals surface area contributed by atoms with Crippen LogP contribution in [-0.2, 0) is 19.4 Å². The SMILES string of the molecule is C=CCCC(C)(C)Cc1c(-c2cccnc2C(C)C)n(CC)c2ccc(-c3cccc(CCC(=C)N4CCCB4C)c3)cc12. The number of hydrogen-bond acceptors (Lipinski definition) is 2. The van der Waals surface area contributed by atoms with Crippen molar-refractivity contribution in [2.24, 2.45) is 5.41 Å². The summed E-state index contributed by atoms with van der Waals surface area (Å²) in [7, 11) is 0. The van der Waals surface area contributed by atoms with Crippen molar-refractivity contribution >= 4 is 17.8 Å². The highest BCUT2D eigenvalue weighted by Crippen LogP contribution is 2.42. The Labute approximate surface area is 267 Å². The molecule has 44 heavy (non-hydrogen) atoms. The van der Waals surface area contributed by atoms with Gasteiger partial charge < -0.3 is 9.38 Å². The summed E-state index contributed by atoms with van der Waals surface area (Å²) in [5.74, 6) is 0.346. The van der Waals surface area contributed by atoms with Crippen molar-refractivity contribution in [1.29, 1.82) is 0 Å². The van der Waals surface area contributed by atoms with E-state index in [4.69, 9.17) is 4.98 Å². The van der Waals surface area contributed by atoms with Gasteiger partial charge in [-0.1, -0.05) is 83.8 Å². The topological polar surface area (TPSA) is 21.1 Å². The summed E-state index contributed by atoms with van der Waals surface area (Å²) >= 11 is 0. The zero-order valence-corrected chi connectivity index (χ0v) is 28.1. The summed E-state index contributed by atoms with van der Waals surface area (Å²) in [6, 6.07) is 20.7. The predicted octanol–water partition coefficient (Wildman–Crippen LogP) is 10.8. The molecule has 1 aliphatic heterocycles. The van der Waals surface area contributed by atoms with Crippen LogP contribution in [0.15, 0.2) is 85.7 Å². The fraction of sp³-hybridized carbons (Fsp3) is 0.425. The molecule has 0 N–H and O–H groups in total. The Kier molecular flexibility index (Phi) is 9.88. The maximum absolute atomic E-state index is 4.89. The van der Waals surface area contributed by atoms with Gasteiger partial charge >= 0.3 is 0 Å².